The van der Waals surface area contributed by atoms with Crippen LogP contribution in [0.1, 0.15) is 20.9 Å². The third-order valence-corrected chi connectivity index (χ3v) is 4.73. The smallest absolute Gasteiger partial charge is 0.416 e. The van der Waals surface area contributed by atoms with E-state index >= 15 is 0 Å². The maximum absolute atomic E-state index is 12.6. The first kappa shape index (κ1) is 20.3. The van der Waals surface area contributed by atoms with Crippen LogP contribution >= 0.6 is 11.3 Å². The van der Waals surface area contributed by atoms with Crippen LogP contribution in [0.5, 0.6) is 0 Å². The molecule has 0 fully saturated rings. The van der Waals surface area contributed by atoms with Crippen LogP contribution in [0.25, 0.3) is 0 Å². The number of amides is 1. The zero-order valence-electron chi connectivity index (χ0n) is 14.7. The van der Waals surface area contributed by atoms with Crippen LogP contribution in [0, 0.1) is 0 Å². The lowest BCUT2D eigenvalue weighted by Gasteiger charge is -2.08. The van der Waals surface area contributed by atoms with Gasteiger partial charge in [-0.3, -0.25) is 9.59 Å². The minimum absolute atomic E-state index is 0.0605. The summed E-state index contributed by atoms with van der Waals surface area (Å²) in [4.78, 5) is 27.9. The number of rotatable bonds is 6. The molecule has 1 aromatic heterocycles. The van der Waals surface area contributed by atoms with E-state index in [1.807, 2.05) is 6.07 Å². The van der Waals surface area contributed by atoms with E-state index in [0.717, 1.165) is 35.6 Å². The average molecular weight is 421 g/mol. The zero-order valence-corrected chi connectivity index (χ0v) is 15.5. The number of para-hydroxylation sites is 1. The number of carboxylic acids is 1. The summed E-state index contributed by atoms with van der Waals surface area (Å²) in [6, 6.07) is 12.9. The summed E-state index contributed by atoms with van der Waals surface area (Å²) in [5.41, 5.74) is 0.0765. The number of hydrogen-bond acceptors (Lipinski definition) is 5. The Balaban J connectivity index is 1.81. The maximum atomic E-state index is 12.6. The number of alkyl halides is 3. The van der Waals surface area contributed by atoms with E-state index in [0.29, 0.717) is 10.8 Å². The molecule has 0 aliphatic heterocycles. The van der Waals surface area contributed by atoms with E-state index < -0.39 is 30.0 Å². The Morgan fingerprint density at radius 2 is 1.66 bits per heavy atom. The molecule has 10 heteroatoms. The Bertz CT molecular complexity index is 1020. The van der Waals surface area contributed by atoms with Crippen molar-refractivity contribution in [1.82, 2.24) is 4.98 Å². The second kappa shape index (κ2) is 8.31. The highest BCUT2D eigenvalue weighted by atomic mass is 32.1. The van der Waals surface area contributed by atoms with Gasteiger partial charge in [0.05, 0.1) is 17.7 Å². The van der Waals surface area contributed by atoms with E-state index in [4.69, 9.17) is 5.11 Å². The van der Waals surface area contributed by atoms with Crippen LogP contribution in [0.2, 0.25) is 0 Å². The van der Waals surface area contributed by atoms with Crippen LogP contribution in [0.15, 0.2) is 54.6 Å². The van der Waals surface area contributed by atoms with Gasteiger partial charge in [-0.2, -0.15) is 13.2 Å². The number of hydrogen-bond donors (Lipinski definition) is 3. The number of aromatic nitrogens is 1. The molecule has 0 radical (unpaired) electrons. The average Bonchev–Trinajstić information content (AvgIpc) is 3.04. The summed E-state index contributed by atoms with van der Waals surface area (Å²) in [5.74, 6) is -1.82. The fraction of sp³-hybridized carbons (Fsp3) is 0.105. The molecule has 3 N–H and O–H groups in total. The van der Waals surface area contributed by atoms with Crippen LogP contribution in [0.3, 0.4) is 0 Å². The number of benzene rings is 2. The highest BCUT2D eigenvalue weighted by Crippen LogP contribution is 2.31. The van der Waals surface area contributed by atoms with E-state index in [9.17, 15) is 22.8 Å². The van der Waals surface area contributed by atoms with Gasteiger partial charge >= 0.3 is 12.1 Å². The predicted octanol–water partition coefficient (Wildman–Crippen LogP) is 4.78. The molecular weight excluding hydrogens is 407 g/mol. The number of anilines is 3. The molecule has 0 bridgehead atoms. The molecule has 0 atom stereocenters. The van der Waals surface area contributed by atoms with Gasteiger partial charge in [0.2, 0.25) is 0 Å². The predicted molar refractivity (Wildman–Crippen MR) is 103 cm³/mol. The van der Waals surface area contributed by atoms with Crippen LogP contribution in [0.4, 0.5) is 29.7 Å². The quantitative estimate of drug-likeness (QED) is 0.533. The number of halogens is 3. The lowest BCUT2D eigenvalue weighted by molar-refractivity contribution is -0.138. The molecule has 150 valence electrons. The summed E-state index contributed by atoms with van der Waals surface area (Å²) in [6.07, 6.45) is -4.95. The standard InChI is InChI=1S/C19H14F3N3O3S/c20-19(21,22)11-6-8-13(9-7-11)23-17(28)16-14(10-15(26)27)25-18(29-16)24-12-4-2-1-3-5-12/h1-9H,10H2,(H,23,28)(H,24,25)(H,26,27). The molecular formula is C19H14F3N3O3S. The van der Waals surface area contributed by atoms with E-state index in [2.05, 4.69) is 15.6 Å². The van der Waals surface area contributed by atoms with Gasteiger partial charge in [0.1, 0.15) is 4.88 Å². The third-order valence-electron chi connectivity index (χ3n) is 3.72. The number of nitrogens with zero attached hydrogens (tertiary/aromatic N) is 1. The molecule has 0 saturated carbocycles. The minimum Gasteiger partial charge on any atom is -0.481 e. The molecule has 6 nitrogen and oxygen atoms in total. The summed E-state index contributed by atoms with van der Waals surface area (Å²) in [7, 11) is 0. The van der Waals surface area contributed by atoms with Crippen molar-refractivity contribution >= 4 is 39.7 Å². The molecule has 0 aliphatic carbocycles. The first-order valence-corrected chi connectivity index (χ1v) is 9.06. The number of nitrogens with one attached hydrogen (secondary N) is 2. The van der Waals surface area contributed by atoms with Gasteiger partial charge in [0.25, 0.3) is 5.91 Å². The number of carboxylic acid groups (broad SMARTS) is 1. The topological polar surface area (TPSA) is 91.3 Å². The van der Waals surface area contributed by atoms with Gasteiger partial charge in [-0.1, -0.05) is 29.5 Å². The third kappa shape index (κ3) is 5.32. The summed E-state index contributed by atoms with van der Waals surface area (Å²) < 4.78 is 37.9. The molecule has 0 saturated heterocycles. The lowest BCUT2D eigenvalue weighted by atomic mass is 10.2. The van der Waals surface area contributed by atoms with E-state index in [-0.39, 0.29) is 16.3 Å². The molecule has 1 amide bonds. The Kier molecular flexibility index (Phi) is 5.83. The minimum atomic E-state index is -4.48. The molecule has 3 aromatic rings. The monoisotopic (exact) mass is 421 g/mol. The number of carbonyl (C=O) groups excluding carboxylic acids is 1. The molecule has 0 spiro atoms. The largest absolute Gasteiger partial charge is 0.481 e. The molecule has 3 rings (SSSR count). The number of carbonyl (C=O) groups is 2. The van der Waals surface area contributed by atoms with Gasteiger partial charge in [-0.05, 0) is 36.4 Å². The molecule has 2 aromatic carbocycles. The maximum Gasteiger partial charge on any atom is 0.416 e. The fourth-order valence-corrected chi connectivity index (χ4v) is 3.32. The number of thiazole rings is 1. The molecule has 0 unspecified atom stereocenters. The van der Waals surface area contributed by atoms with Gasteiger partial charge in [-0.25, -0.2) is 4.98 Å². The van der Waals surface area contributed by atoms with Crippen LogP contribution < -0.4 is 10.6 Å². The van der Waals surface area contributed by atoms with Gasteiger partial charge < -0.3 is 15.7 Å². The summed E-state index contributed by atoms with van der Waals surface area (Å²) in [6.45, 7) is 0. The van der Waals surface area contributed by atoms with Crippen molar-refractivity contribution in [2.45, 2.75) is 12.6 Å². The fourth-order valence-electron chi connectivity index (χ4n) is 2.42. The van der Waals surface area contributed by atoms with Crippen molar-refractivity contribution in [3.8, 4) is 0 Å². The van der Waals surface area contributed by atoms with E-state index in [1.54, 1.807) is 24.3 Å². The molecule has 1 heterocycles. The Morgan fingerprint density at radius 3 is 2.24 bits per heavy atom. The van der Waals surface area contributed by atoms with E-state index in [1.165, 1.54) is 0 Å². The first-order chi connectivity index (χ1) is 13.7. The van der Waals surface area contributed by atoms with Crippen molar-refractivity contribution in [3.63, 3.8) is 0 Å². The highest BCUT2D eigenvalue weighted by Gasteiger charge is 2.30. The molecule has 29 heavy (non-hydrogen) atoms. The zero-order chi connectivity index (χ0) is 21.0. The second-order valence-electron chi connectivity index (χ2n) is 5.89. The van der Waals surface area contributed by atoms with Gasteiger partial charge in [0, 0.05) is 11.4 Å². The van der Waals surface area contributed by atoms with Crippen LogP contribution in [-0.4, -0.2) is 22.0 Å². The van der Waals surface area contributed by atoms with Crippen molar-refractivity contribution < 1.29 is 27.9 Å². The highest BCUT2D eigenvalue weighted by molar-refractivity contribution is 7.17. The van der Waals surface area contributed by atoms with Crippen molar-refractivity contribution in [3.05, 3.63) is 70.7 Å². The number of aliphatic carboxylic acids is 1. The molecule has 0 aliphatic rings. The van der Waals surface area contributed by atoms with Gasteiger partial charge in [-0.15, -0.1) is 0 Å². The lowest BCUT2D eigenvalue weighted by Crippen LogP contribution is -2.14. The first-order valence-electron chi connectivity index (χ1n) is 8.24. The Labute approximate surface area is 167 Å². The SMILES string of the molecule is O=C(O)Cc1nc(Nc2ccccc2)sc1C(=O)Nc1ccc(C(F)(F)F)cc1. The van der Waals surface area contributed by atoms with Crippen molar-refractivity contribution in [2.24, 2.45) is 0 Å². The second-order valence-corrected chi connectivity index (χ2v) is 6.88. The normalized spacial score (nSPS) is 11.1. The van der Waals surface area contributed by atoms with Gasteiger partial charge in [0.15, 0.2) is 5.13 Å². The Morgan fingerprint density at radius 1 is 1.00 bits per heavy atom. The Hall–Kier alpha value is -3.40. The van der Waals surface area contributed by atoms with Crippen molar-refractivity contribution in [1.29, 1.82) is 0 Å². The van der Waals surface area contributed by atoms with Crippen molar-refractivity contribution in [2.75, 3.05) is 10.6 Å². The summed E-state index contributed by atoms with van der Waals surface area (Å²) >= 11 is 0.953. The van der Waals surface area contributed by atoms with Crippen LogP contribution in [-0.2, 0) is 17.4 Å². The summed E-state index contributed by atoms with van der Waals surface area (Å²) in [5, 5.41) is 14.9.